The van der Waals surface area contributed by atoms with Gasteiger partial charge in [0.2, 0.25) is 0 Å². The van der Waals surface area contributed by atoms with Gasteiger partial charge in [-0.15, -0.1) is 0 Å². The van der Waals surface area contributed by atoms with E-state index < -0.39 is 0 Å². The minimum absolute atomic E-state index is 0. The monoisotopic (exact) mass is 276 g/mol. The van der Waals surface area contributed by atoms with Gasteiger partial charge in [0.1, 0.15) is 0 Å². The molecule has 0 aliphatic rings. The van der Waals surface area contributed by atoms with Crippen LogP contribution in [0.3, 0.4) is 0 Å². The van der Waals surface area contributed by atoms with E-state index in [1.54, 1.807) is 0 Å². The molecule has 0 aromatic heterocycles. The van der Waals surface area contributed by atoms with Gasteiger partial charge < -0.3 is 0 Å². The molecule has 0 spiro atoms. The Morgan fingerprint density at radius 1 is 1.00 bits per heavy atom. The number of hydrogen-bond donors (Lipinski definition) is 0. The fourth-order valence-corrected chi connectivity index (χ4v) is 0. The molecule has 0 bridgehead atoms. The van der Waals surface area contributed by atoms with Crippen molar-refractivity contribution in [1.82, 2.24) is 0 Å². The van der Waals surface area contributed by atoms with Gasteiger partial charge in [0.15, 0.2) is 0 Å². The van der Waals surface area contributed by atoms with Crippen molar-refractivity contribution in [3.63, 3.8) is 0 Å². The Labute approximate surface area is 71.3 Å². The van der Waals surface area contributed by atoms with Crippen molar-refractivity contribution >= 4 is 0 Å². The topological polar surface area (TPSA) is 0 Å². The van der Waals surface area contributed by atoms with E-state index in [0.29, 0.717) is 0 Å². The predicted octanol–water partition coefficient (Wildman–Crippen LogP) is -0.0100. The van der Waals surface area contributed by atoms with Crippen molar-refractivity contribution in [3.05, 3.63) is 0 Å². The molecule has 0 nitrogen and oxygen atoms in total. The summed E-state index contributed by atoms with van der Waals surface area (Å²) in [7, 11) is 0. The largest absolute Gasteiger partial charge is 0 e. The van der Waals surface area contributed by atoms with E-state index in [-0.39, 0.29) is 72.0 Å². The summed E-state index contributed by atoms with van der Waals surface area (Å²) in [6.07, 6.45) is 0. The second-order valence-electron chi connectivity index (χ2n) is 0. The first kappa shape index (κ1) is 34.2. The van der Waals surface area contributed by atoms with Crippen LogP contribution in [0, 0.1) is 0 Å². The third-order valence-corrected chi connectivity index (χ3v) is 0. The molecular weight excluding hydrogens is 274 g/mol. The van der Waals surface area contributed by atoms with Crippen LogP contribution in [0.25, 0.3) is 0 Å². The molecule has 0 rings (SSSR count). The second kappa shape index (κ2) is 18.8. The van der Waals surface area contributed by atoms with Gasteiger partial charge in [0.05, 0.1) is 0 Å². The Morgan fingerprint density at radius 2 is 1.00 bits per heavy atom. The zero-order chi connectivity index (χ0) is 0. The zero-order valence-electron chi connectivity index (χ0n) is 1.40. The van der Waals surface area contributed by atoms with Gasteiger partial charge in [-0.25, -0.2) is 0 Å². The molecule has 0 fully saturated rings. The normalized spacial score (nSPS) is 0. The third-order valence-electron chi connectivity index (χ3n) is 0. The number of rotatable bonds is 0. The summed E-state index contributed by atoms with van der Waals surface area (Å²) in [6, 6.07) is 0. The summed E-state index contributed by atoms with van der Waals surface area (Å²) in [4.78, 5) is 0. The van der Waals surface area contributed by atoms with Crippen molar-refractivity contribution in [2.45, 2.75) is 0 Å². The van der Waals surface area contributed by atoms with E-state index in [0.717, 1.165) is 0 Å². The minimum atomic E-state index is 0. The fraction of sp³-hybridized carbons (Fsp3) is 0. The molecular formula is CoCuFeMo. The van der Waals surface area contributed by atoms with E-state index in [2.05, 4.69) is 0 Å². The molecule has 0 unspecified atom stereocenters. The fourth-order valence-electron chi connectivity index (χ4n) is 0. The summed E-state index contributed by atoms with van der Waals surface area (Å²) in [5.74, 6) is 0. The molecule has 4 heavy (non-hydrogen) atoms. The Morgan fingerprint density at radius 3 is 1.00 bits per heavy atom. The summed E-state index contributed by atoms with van der Waals surface area (Å²) >= 11 is 0. The average molecular weight is 274 g/mol. The summed E-state index contributed by atoms with van der Waals surface area (Å²) in [5.41, 5.74) is 0. The smallest absolute Gasteiger partial charge is 0 e. The van der Waals surface area contributed by atoms with E-state index in [9.17, 15) is 0 Å². The molecule has 0 aliphatic carbocycles. The maximum Gasteiger partial charge on any atom is 0 e. The molecule has 0 heterocycles. The summed E-state index contributed by atoms with van der Waals surface area (Å²) < 4.78 is 0. The van der Waals surface area contributed by atoms with Crippen LogP contribution in [0.1, 0.15) is 0 Å². The van der Waals surface area contributed by atoms with Crippen molar-refractivity contribution in [2.24, 2.45) is 0 Å². The second-order valence-corrected chi connectivity index (χ2v) is 0. The van der Waals surface area contributed by atoms with Gasteiger partial charge in [-0.3, -0.25) is 0 Å². The zero-order valence-corrected chi connectivity index (χ0v) is 6.49. The van der Waals surface area contributed by atoms with Crippen LogP contribution in [0.2, 0.25) is 0 Å². The maximum atomic E-state index is 0. The van der Waals surface area contributed by atoms with E-state index >= 15 is 0 Å². The Balaban J connectivity index is 0. The minimum Gasteiger partial charge on any atom is 0 e. The first-order valence-electron chi connectivity index (χ1n) is 0. The van der Waals surface area contributed by atoms with Gasteiger partial charge in [0, 0.05) is 72.0 Å². The summed E-state index contributed by atoms with van der Waals surface area (Å²) in [5, 5.41) is 0. The summed E-state index contributed by atoms with van der Waals surface area (Å²) in [6.45, 7) is 0. The molecule has 0 amide bonds. The van der Waals surface area contributed by atoms with Crippen LogP contribution in [0.4, 0.5) is 0 Å². The van der Waals surface area contributed by atoms with Gasteiger partial charge in [-0.05, 0) is 0 Å². The van der Waals surface area contributed by atoms with Crippen LogP contribution in [0.5, 0.6) is 0 Å². The SMILES string of the molecule is [Co].[Cu].[Fe].[Mo]. The molecule has 0 saturated carbocycles. The molecule has 2 radical (unpaired) electrons. The van der Waals surface area contributed by atoms with Crippen LogP contribution < -0.4 is 0 Å². The molecule has 0 aromatic carbocycles. The van der Waals surface area contributed by atoms with E-state index in [1.165, 1.54) is 0 Å². The van der Waals surface area contributed by atoms with E-state index in [1.807, 2.05) is 0 Å². The molecule has 34 valence electrons. The van der Waals surface area contributed by atoms with Gasteiger partial charge in [-0.1, -0.05) is 0 Å². The van der Waals surface area contributed by atoms with Gasteiger partial charge in [-0.2, -0.15) is 0 Å². The molecule has 0 aromatic rings. The quantitative estimate of drug-likeness (QED) is 0.545. The Kier molecular flexibility index (Phi) is 161. The first-order valence-corrected chi connectivity index (χ1v) is 0. The molecule has 0 aliphatic heterocycles. The van der Waals surface area contributed by atoms with Crippen molar-refractivity contribution < 1.29 is 72.0 Å². The van der Waals surface area contributed by atoms with Gasteiger partial charge in [0.25, 0.3) is 0 Å². The molecule has 0 saturated heterocycles. The predicted molar refractivity (Wildman–Crippen MR) is 0 cm³/mol. The molecule has 4 heteroatoms. The molecule has 0 N–H and O–H groups in total. The van der Waals surface area contributed by atoms with Crippen LogP contribution in [-0.2, 0) is 72.0 Å². The van der Waals surface area contributed by atoms with Gasteiger partial charge >= 0.3 is 0 Å². The van der Waals surface area contributed by atoms with Crippen LogP contribution >= 0.6 is 0 Å². The van der Waals surface area contributed by atoms with E-state index in [4.69, 9.17) is 0 Å². The number of hydrogen-bond acceptors (Lipinski definition) is 0. The Hall–Kier alpha value is 2.23. The standard InChI is InChI=1S/Co.Cu.Fe.Mo. The van der Waals surface area contributed by atoms with Crippen molar-refractivity contribution in [1.29, 1.82) is 0 Å². The van der Waals surface area contributed by atoms with Crippen LogP contribution in [0.15, 0.2) is 0 Å². The Bertz CT molecular complexity index is 8.00. The molecule has 0 atom stereocenters. The van der Waals surface area contributed by atoms with Crippen molar-refractivity contribution in [2.75, 3.05) is 0 Å². The third kappa shape index (κ3) is 8.87. The van der Waals surface area contributed by atoms with Crippen LogP contribution in [-0.4, -0.2) is 0 Å². The average Bonchev–Trinajstić information content (AvgIpc) is 0. The first-order chi connectivity index (χ1) is 0. The van der Waals surface area contributed by atoms with Crippen molar-refractivity contribution in [3.8, 4) is 0 Å². The maximum absolute atomic E-state index is 0.